The van der Waals surface area contributed by atoms with Crippen LogP contribution in [-0.2, 0) is 0 Å². The zero-order chi connectivity index (χ0) is 19.2. The molecule has 1 atom stereocenters. The van der Waals surface area contributed by atoms with Gasteiger partial charge in [-0.25, -0.2) is 0 Å². The van der Waals surface area contributed by atoms with Crippen molar-refractivity contribution in [1.82, 2.24) is 10.2 Å². The van der Waals surface area contributed by atoms with Gasteiger partial charge in [-0.3, -0.25) is 4.79 Å². The molecule has 0 unspecified atom stereocenters. The number of aromatic nitrogens is 2. The van der Waals surface area contributed by atoms with E-state index in [1.807, 2.05) is 31.2 Å². The van der Waals surface area contributed by atoms with Gasteiger partial charge >= 0.3 is 0 Å². The van der Waals surface area contributed by atoms with E-state index in [0.29, 0.717) is 10.7 Å². The molecule has 1 N–H and O–H groups in total. The molecule has 3 aromatic rings. The second-order valence-electron chi connectivity index (χ2n) is 5.58. The average molecular weight is 402 g/mol. The minimum absolute atomic E-state index is 0.0418. The van der Waals surface area contributed by atoms with Crippen molar-refractivity contribution in [2.45, 2.75) is 16.5 Å². The van der Waals surface area contributed by atoms with E-state index in [9.17, 15) is 4.79 Å². The summed E-state index contributed by atoms with van der Waals surface area (Å²) in [6.45, 7) is 1.87. The maximum atomic E-state index is 12.6. The Morgan fingerprint density at radius 1 is 1.07 bits per heavy atom. The summed E-state index contributed by atoms with van der Waals surface area (Å²) >= 11 is 2.80. The fourth-order valence-corrected chi connectivity index (χ4v) is 4.32. The predicted molar refractivity (Wildman–Crippen MR) is 109 cm³/mol. The Morgan fingerprint density at radius 2 is 1.81 bits per heavy atom. The first-order valence-corrected chi connectivity index (χ1v) is 9.88. The van der Waals surface area contributed by atoms with Crippen molar-refractivity contribution >= 4 is 39.7 Å². The molecule has 0 amide bonds. The highest BCUT2D eigenvalue weighted by Crippen LogP contribution is 2.32. The van der Waals surface area contributed by atoms with E-state index in [2.05, 4.69) is 15.5 Å². The zero-order valence-electron chi connectivity index (χ0n) is 15.1. The predicted octanol–water partition coefficient (Wildman–Crippen LogP) is 4.66. The summed E-state index contributed by atoms with van der Waals surface area (Å²) in [5, 5.41) is 11.9. The molecule has 0 saturated carbocycles. The molecule has 0 fully saturated rings. The SMILES string of the molecule is COc1ccc(C(=O)[C@@H](C)Sc2nnc(Nc3cccc(OC)c3)s2)cc1. The number of ketones is 1. The topological polar surface area (TPSA) is 73.3 Å². The number of nitrogens with zero attached hydrogens (tertiary/aromatic N) is 2. The molecule has 140 valence electrons. The van der Waals surface area contributed by atoms with Gasteiger partial charge in [0.25, 0.3) is 0 Å². The maximum Gasteiger partial charge on any atom is 0.210 e. The number of hydrogen-bond donors (Lipinski definition) is 1. The minimum Gasteiger partial charge on any atom is -0.497 e. The van der Waals surface area contributed by atoms with Crippen LogP contribution in [0.3, 0.4) is 0 Å². The molecule has 0 bridgehead atoms. The Balaban J connectivity index is 1.62. The molecule has 2 aromatic carbocycles. The average Bonchev–Trinajstić information content (AvgIpc) is 3.14. The summed E-state index contributed by atoms with van der Waals surface area (Å²) in [6.07, 6.45) is 0. The monoisotopic (exact) mass is 401 g/mol. The van der Waals surface area contributed by atoms with Gasteiger partial charge in [-0.15, -0.1) is 10.2 Å². The third kappa shape index (κ3) is 4.99. The lowest BCUT2D eigenvalue weighted by Gasteiger charge is -2.08. The molecule has 0 aliphatic heterocycles. The lowest BCUT2D eigenvalue weighted by molar-refractivity contribution is 0.0994. The Morgan fingerprint density at radius 3 is 2.52 bits per heavy atom. The zero-order valence-corrected chi connectivity index (χ0v) is 16.8. The molecule has 0 aliphatic rings. The summed E-state index contributed by atoms with van der Waals surface area (Å²) in [5.74, 6) is 1.53. The van der Waals surface area contributed by atoms with E-state index in [4.69, 9.17) is 9.47 Å². The third-order valence-corrected chi connectivity index (χ3v) is 5.77. The van der Waals surface area contributed by atoms with Gasteiger partial charge in [-0.1, -0.05) is 29.2 Å². The number of thioether (sulfide) groups is 1. The largest absolute Gasteiger partial charge is 0.497 e. The highest BCUT2D eigenvalue weighted by molar-refractivity contribution is 8.02. The molecular formula is C19H19N3O3S2. The number of benzene rings is 2. The summed E-state index contributed by atoms with van der Waals surface area (Å²) < 4.78 is 11.1. The van der Waals surface area contributed by atoms with Crippen molar-refractivity contribution in [2.24, 2.45) is 0 Å². The van der Waals surface area contributed by atoms with Crippen LogP contribution in [0.5, 0.6) is 11.5 Å². The lowest BCUT2D eigenvalue weighted by atomic mass is 10.1. The molecule has 27 heavy (non-hydrogen) atoms. The first-order chi connectivity index (χ1) is 13.1. The summed E-state index contributed by atoms with van der Waals surface area (Å²) in [6, 6.07) is 14.7. The van der Waals surface area contributed by atoms with E-state index in [0.717, 1.165) is 21.5 Å². The van der Waals surface area contributed by atoms with Gasteiger partial charge in [0.1, 0.15) is 11.5 Å². The van der Waals surface area contributed by atoms with Crippen LogP contribution in [0, 0.1) is 0 Å². The van der Waals surface area contributed by atoms with Crippen molar-refractivity contribution in [3.63, 3.8) is 0 Å². The number of methoxy groups -OCH3 is 2. The smallest absolute Gasteiger partial charge is 0.210 e. The van der Waals surface area contributed by atoms with Crippen LogP contribution >= 0.6 is 23.1 Å². The first kappa shape index (κ1) is 19.2. The number of anilines is 2. The van der Waals surface area contributed by atoms with Gasteiger partial charge in [0.2, 0.25) is 5.13 Å². The molecule has 0 spiro atoms. The van der Waals surface area contributed by atoms with Crippen molar-refractivity contribution in [3.8, 4) is 11.5 Å². The van der Waals surface area contributed by atoms with Gasteiger partial charge in [-0.05, 0) is 43.3 Å². The van der Waals surface area contributed by atoms with Crippen molar-refractivity contribution in [3.05, 3.63) is 54.1 Å². The van der Waals surface area contributed by atoms with E-state index in [-0.39, 0.29) is 11.0 Å². The van der Waals surface area contributed by atoms with Crippen LogP contribution < -0.4 is 14.8 Å². The van der Waals surface area contributed by atoms with Crippen molar-refractivity contribution in [1.29, 1.82) is 0 Å². The normalized spacial score (nSPS) is 11.7. The van der Waals surface area contributed by atoms with E-state index in [1.54, 1.807) is 38.5 Å². The number of ether oxygens (including phenoxy) is 2. The number of hydrogen-bond acceptors (Lipinski definition) is 8. The number of nitrogens with one attached hydrogen (secondary N) is 1. The first-order valence-electron chi connectivity index (χ1n) is 8.18. The summed E-state index contributed by atoms with van der Waals surface area (Å²) in [7, 11) is 3.22. The molecule has 3 rings (SSSR count). The van der Waals surface area contributed by atoms with Gasteiger partial charge in [0.15, 0.2) is 10.1 Å². The Labute approximate surface area is 165 Å². The molecule has 6 nitrogen and oxygen atoms in total. The van der Waals surface area contributed by atoms with E-state index < -0.39 is 0 Å². The van der Waals surface area contributed by atoms with Gasteiger partial charge in [-0.2, -0.15) is 0 Å². The molecular weight excluding hydrogens is 382 g/mol. The molecule has 8 heteroatoms. The maximum absolute atomic E-state index is 12.6. The Kier molecular flexibility index (Phi) is 6.31. The van der Waals surface area contributed by atoms with Crippen molar-refractivity contribution < 1.29 is 14.3 Å². The number of carbonyl (C=O) groups excluding carboxylic acids is 1. The Bertz CT molecular complexity index is 913. The molecule has 0 aliphatic carbocycles. The van der Waals surface area contributed by atoms with Crippen LogP contribution in [0.4, 0.5) is 10.8 Å². The van der Waals surface area contributed by atoms with Crippen LogP contribution in [0.25, 0.3) is 0 Å². The Hall–Kier alpha value is -2.58. The van der Waals surface area contributed by atoms with Gasteiger partial charge in [0.05, 0.1) is 19.5 Å². The van der Waals surface area contributed by atoms with E-state index in [1.165, 1.54) is 23.1 Å². The number of Topliss-reactive ketones (excluding diaryl/α,β-unsaturated/α-hetero) is 1. The molecule has 0 radical (unpaired) electrons. The second-order valence-corrected chi connectivity index (χ2v) is 8.15. The van der Waals surface area contributed by atoms with Gasteiger partial charge < -0.3 is 14.8 Å². The molecule has 1 aromatic heterocycles. The fourth-order valence-electron chi connectivity index (χ4n) is 2.33. The summed E-state index contributed by atoms with van der Waals surface area (Å²) in [4.78, 5) is 12.6. The standard InChI is InChI=1S/C19H19N3O3S2/c1-12(17(23)13-7-9-15(24-2)10-8-13)26-19-22-21-18(27-19)20-14-5-4-6-16(11-14)25-3/h4-12H,1-3H3,(H,20,21)/t12-/m1/s1. The number of rotatable bonds is 8. The third-order valence-electron chi connectivity index (χ3n) is 3.75. The van der Waals surface area contributed by atoms with Crippen LogP contribution in [0.15, 0.2) is 52.9 Å². The highest BCUT2D eigenvalue weighted by atomic mass is 32.2. The van der Waals surface area contributed by atoms with Crippen LogP contribution in [-0.4, -0.2) is 35.5 Å². The highest BCUT2D eigenvalue weighted by Gasteiger charge is 2.19. The van der Waals surface area contributed by atoms with Crippen molar-refractivity contribution in [2.75, 3.05) is 19.5 Å². The quantitative estimate of drug-likeness (QED) is 0.434. The minimum atomic E-state index is -0.268. The summed E-state index contributed by atoms with van der Waals surface area (Å²) in [5.41, 5.74) is 1.51. The van der Waals surface area contributed by atoms with Crippen LogP contribution in [0.2, 0.25) is 0 Å². The van der Waals surface area contributed by atoms with E-state index >= 15 is 0 Å². The van der Waals surface area contributed by atoms with Crippen LogP contribution in [0.1, 0.15) is 17.3 Å². The lowest BCUT2D eigenvalue weighted by Crippen LogP contribution is -2.13. The fraction of sp³-hybridized carbons (Fsp3) is 0.211. The van der Waals surface area contributed by atoms with Gasteiger partial charge in [0, 0.05) is 17.3 Å². The molecule has 1 heterocycles. The number of carbonyl (C=O) groups is 1. The second kappa shape index (κ2) is 8.88. The molecule has 0 saturated heterocycles.